The van der Waals surface area contributed by atoms with E-state index in [2.05, 4.69) is 15.0 Å². The van der Waals surface area contributed by atoms with Crippen LogP contribution in [0.4, 0.5) is 17.6 Å². The van der Waals surface area contributed by atoms with Gasteiger partial charge < -0.3 is 19.8 Å². The van der Waals surface area contributed by atoms with E-state index in [4.69, 9.17) is 9.84 Å². The van der Waals surface area contributed by atoms with Gasteiger partial charge in [0.1, 0.15) is 23.2 Å². The summed E-state index contributed by atoms with van der Waals surface area (Å²) in [7, 11) is 1.83. The second-order valence-electron chi connectivity index (χ2n) is 9.98. The van der Waals surface area contributed by atoms with Gasteiger partial charge in [0, 0.05) is 42.6 Å². The lowest BCUT2D eigenvalue weighted by Gasteiger charge is -2.32. The summed E-state index contributed by atoms with van der Waals surface area (Å²) in [4.78, 5) is 23.4. The Labute approximate surface area is 231 Å². The third kappa shape index (κ3) is 4.82. The molecule has 11 heteroatoms. The van der Waals surface area contributed by atoms with E-state index in [-0.39, 0.29) is 40.9 Å². The highest BCUT2D eigenvalue weighted by atomic mass is 19.1. The van der Waals surface area contributed by atoms with Crippen LogP contribution in [0.1, 0.15) is 35.0 Å². The first-order valence-corrected chi connectivity index (χ1v) is 12.9. The quantitative estimate of drug-likeness (QED) is 0.196. The van der Waals surface area contributed by atoms with Gasteiger partial charge in [-0.1, -0.05) is 18.2 Å². The summed E-state index contributed by atoms with van der Waals surface area (Å²) in [5, 5.41) is 9.18. The number of hydrogen-bond acceptors (Lipinski definition) is 4. The maximum absolute atomic E-state index is 15.6. The number of halogens is 4. The van der Waals surface area contributed by atoms with Crippen molar-refractivity contribution < 1.29 is 32.2 Å². The number of carboxylic acid groups (broad SMARTS) is 1. The fourth-order valence-corrected chi connectivity index (χ4v) is 5.31. The largest absolute Gasteiger partial charge is 0.481 e. The number of aromatic nitrogens is 3. The van der Waals surface area contributed by atoms with E-state index >= 15 is 8.78 Å². The van der Waals surface area contributed by atoms with E-state index < -0.39 is 41.0 Å². The van der Waals surface area contributed by atoms with Crippen LogP contribution in [0.5, 0.6) is 11.5 Å². The maximum Gasteiger partial charge on any atom is 0.303 e. The Morgan fingerprint density at radius 3 is 2.73 bits per heavy atom. The van der Waals surface area contributed by atoms with Gasteiger partial charge >= 0.3 is 5.97 Å². The maximum atomic E-state index is 15.6. The number of rotatable bonds is 7. The molecule has 6 rings (SSSR count). The second kappa shape index (κ2) is 10.4. The minimum atomic E-state index is -1.02. The standard InChI is InChI=1S/C30H24F4N4O3/c1-38-12-10-22-27(28(38)18-4-2-3-15(25(18)33)5-8-24(39)40)37-30(36-22)19-13-16(6-7-20(19)31)41-29-21(32)14-23-17(26(29)34)9-11-35-23/h2-4,6-7,9,11,13-14,28,35H,5,8,10,12H2,1H3,(H,36,37)(H,39,40)/t28-/m0/s1. The number of nitrogens with one attached hydrogen (secondary N) is 2. The molecule has 7 nitrogen and oxygen atoms in total. The third-order valence-corrected chi connectivity index (χ3v) is 7.35. The molecule has 0 saturated carbocycles. The zero-order valence-corrected chi connectivity index (χ0v) is 21.8. The second-order valence-corrected chi connectivity index (χ2v) is 9.98. The zero-order chi connectivity index (χ0) is 28.8. The molecule has 5 aromatic rings. The molecule has 2 aromatic heterocycles. The van der Waals surface area contributed by atoms with Gasteiger partial charge in [-0.3, -0.25) is 9.69 Å². The Bertz CT molecular complexity index is 1800. The van der Waals surface area contributed by atoms with Crippen LogP contribution in [0.25, 0.3) is 22.3 Å². The molecule has 1 aliphatic heterocycles. The number of benzene rings is 3. The molecule has 0 bridgehead atoms. The van der Waals surface area contributed by atoms with E-state index in [0.717, 1.165) is 12.1 Å². The van der Waals surface area contributed by atoms with Crippen molar-refractivity contribution in [2.45, 2.75) is 25.3 Å². The van der Waals surface area contributed by atoms with Crippen molar-refractivity contribution in [3.05, 3.63) is 101 Å². The highest BCUT2D eigenvalue weighted by Gasteiger charge is 2.32. The van der Waals surface area contributed by atoms with Crippen LogP contribution in [-0.4, -0.2) is 44.5 Å². The van der Waals surface area contributed by atoms with E-state index in [0.29, 0.717) is 35.5 Å². The smallest absolute Gasteiger partial charge is 0.303 e. The molecular weight excluding hydrogens is 540 g/mol. The highest BCUT2D eigenvalue weighted by Crippen LogP contribution is 2.38. The fourth-order valence-electron chi connectivity index (χ4n) is 5.31. The van der Waals surface area contributed by atoms with Crippen LogP contribution < -0.4 is 4.74 Å². The van der Waals surface area contributed by atoms with Crippen LogP contribution >= 0.6 is 0 Å². The number of carbonyl (C=O) groups is 1. The number of fused-ring (bicyclic) bond motifs is 2. The highest BCUT2D eigenvalue weighted by molar-refractivity contribution is 5.82. The lowest BCUT2D eigenvalue weighted by atomic mass is 9.93. The molecule has 1 atom stereocenters. The molecular formula is C30H24F4N4O3. The molecule has 0 aliphatic carbocycles. The Kier molecular flexibility index (Phi) is 6.74. The van der Waals surface area contributed by atoms with E-state index in [9.17, 15) is 13.6 Å². The van der Waals surface area contributed by atoms with E-state index in [1.54, 1.807) is 18.2 Å². The Balaban J connectivity index is 1.36. The molecule has 210 valence electrons. The average Bonchev–Trinajstić information content (AvgIpc) is 3.59. The summed E-state index contributed by atoms with van der Waals surface area (Å²) >= 11 is 0. The first kappa shape index (κ1) is 26.6. The van der Waals surface area contributed by atoms with Crippen molar-refractivity contribution in [2.75, 3.05) is 13.6 Å². The monoisotopic (exact) mass is 564 g/mol. The summed E-state index contributed by atoms with van der Waals surface area (Å²) in [6, 6.07) is 10.5. The van der Waals surface area contributed by atoms with Crippen LogP contribution in [0.15, 0.2) is 54.7 Å². The minimum Gasteiger partial charge on any atom is -0.481 e. The van der Waals surface area contributed by atoms with Gasteiger partial charge in [-0.2, -0.15) is 0 Å². The molecule has 0 amide bonds. The SMILES string of the molecule is CN1CCc2nc(-c3cc(Oc4c(F)cc5[nH]ccc5c4F)ccc3F)[nH]c2[C@@H]1c1cccc(CCC(=O)O)c1F. The van der Waals surface area contributed by atoms with Gasteiger partial charge in [0.15, 0.2) is 17.4 Å². The van der Waals surface area contributed by atoms with Crippen LogP contribution in [0.3, 0.4) is 0 Å². The van der Waals surface area contributed by atoms with Gasteiger partial charge in [-0.05, 0) is 43.3 Å². The topological polar surface area (TPSA) is 94.2 Å². The number of H-pyrrole nitrogens is 2. The van der Waals surface area contributed by atoms with Gasteiger partial charge in [-0.15, -0.1) is 0 Å². The van der Waals surface area contributed by atoms with Gasteiger partial charge in [0.05, 0.1) is 28.5 Å². The Hall–Kier alpha value is -4.64. The zero-order valence-electron chi connectivity index (χ0n) is 21.8. The van der Waals surface area contributed by atoms with Crippen LogP contribution in [-0.2, 0) is 17.6 Å². The van der Waals surface area contributed by atoms with Crippen LogP contribution in [0.2, 0.25) is 0 Å². The summed E-state index contributed by atoms with van der Waals surface area (Å²) < 4.78 is 65.8. The molecule has 0 radical (unpaired) electrons. The summed E-state index contributed by atoms with van der Waals surface area (Å²) in [6.07, 6.45) is 1.84. The molecule has 41 heavy (non-hydrogen) atoms. The van der Waals surface area contributed by atoms with Gasteiger partial charge in [0.2, 0.25) is 0 Å². The van der Waals surface area contributed by atoms with Crippen LogP contribution in [0, 0.1) is 23.3 Å². The number of imidazole rings is 1. The molecule has 0 spiro atoms. The Morgan fingerprint density at radius 1 is 1.10 bits per heavy atom. The van der Waals surface area contributed by atoms with Crippen molar-refractivity contribution in [3.8, 4) is 22.9 Å². The first-order chi connectivity index (χ1) is 19.7. The number of likely N-dealkylation sites (N-methyl/N-ethyl adjacent to an activating group) is 1. The first-order valence-electron chi connectivity index (χ1n) is 12.9. The Morgan fingerprint density at radius 2 is 1.93 bits per heavy atom. The number of ether oxygens (including phenoxy) is 1. The number of carboxylic acids is 1. The molecule has 0 unspecified atom stereocenters. The number of hydrogen-bond donors (Lipinski definition) is 3. The molecule has 1 aliphatic rings. The average molecular weight is 565 g/mol. The number of aromatic amines is 2. The van der Waals surface area contributed by atoms with Gasteiger partial charge in [-0.25, -0.2) is 22.5 Å². The third-order valence-electron chi connectivity index (χ3n) is 7.35. The van der Waals surface area contributed by atoms with Crippen molar-refractivity contribution >= 4 is 16.9 Å². The lowest BCUT2D eigenvalue weighted by molar-refractivity contribution is -0.136. The number of aliphatic carboxylic acids is 1. The van der Waals surface area contributed by atoms with Gasteiger partial charge in [0.25, 0.3) is 0 Å². The molecule has 3 heterocycles. The predicted molar refractivity (Wildman–Crippen MR) is 143 cm³/mol. The molecule has 3 aromatic carbocycles. The van der Waals surface area contributed by atoms with E-state index in [1.165, 1.54) is 24.4 Å². The number of nitrogens with zero attached hydrogens (tertiary/aromatic N) is 2. The molecule has 0 fully saturated rings. The van der Waals surface area contributed by atoms with Crippen molar-refractivity contribution in [1.82, 2.24) is 19.9 Å². The normalized spacial score (nSPS) is 15.3. The number of aryl methyl sites for hydroxylation is 1. The summed E-state index contributed by atoms with van der Waals surface area (Å²) in [5.41, 5.74) is 2.12. The van der Waals surface area contributed by atoms with Crippen molar-refractivity contribution in [2.24, 2.45) is 0 Å². The predicted octanol–water partition coefficient (Wildman–Crippen LogP) is 6.50. The van der Waals surface area contributed by atoms with Crippen molar-refractivity contribution in [1.29, 1.82) is 0 Å². The summed E-state index contributed by atoms with van der Waals surface area (Å²) in [5.74, 6) is -4.44. The fraction of sp³-hybridized carbons (Fsp3) is 0.200. The lowest BCUT2D eigenvalue weighted by Crippen LogP contribution is -2.33. The minimum absolute atomic E-state index is 0.00528. The molecule has 3 N–H and O–H groups in total. The van der Waals surface area contributed by atoms with Crippen molar-refractivity contribution in [3.63, 3.8) is 0 Å². The molecule has 0 saturated heterocycles. The summed E-state index contributed by atoms with van der Waals surface area (Å²) in [6.45, 7) is 0.548. The van der Waals surface area contributed by atoms with E-state index in [1.807, 2.05) is 11.9 Å².